The van der Waals surface area contributed by atoms with Gasteiger partial charge in [-0.2, -0.15) is 13.0 Å². The summed E-state index contributed by atoms with van der Waals surface area (Å²) in [5, 5.41) is 8.22. The minimum atomic E-state index is -4.68. The van der Waals surface area contributed by atoms with Crippen LogP contribution in [0.1, 0.15) is 5.01 Å². The molecule has 108 valence electrons. The maximum atomic E-state index is 11.2. The molecule has 0 aliphatic heterocycles. The van der Waals surface area contributed by atoms with Crippen LogP contribution in [0.5, 0.6) is 0 Å². The molecule has 1 heterocycles. The van der Waals surface area contributed by atoms with Crippen molar-refractivity contribution in [1.82, 2.24) is 0 Å². The van der Waals surface area contributed by atoms with Gasteiger partial charge in [0.1, 0.15) is 4.70 Å². The largest absolute Gasteiger partial charge is 0.480 e. The minimum absolute atomic E-state index is 0.375. The van der Waals surface area contributed by atoms with Gasteiger partial charge in [0.15, 0.2) is 6.54 Å². The van der Waals surface area contributed by atoms with Crippen molar-refractivity contribution in [3.05, 3.63) is 28.2 Å². The number of aromatic nitrogens is 1. The second kappa shape index (κ2) is 5.28. The summed E-state index contributed by atoms with van der Waals surface area (Å²) < 4.78 is 33.7. The Balaban J connectivity index is 2.55. The number of carboxylic acids is 1. The second-order valence-corrected chi connectivity index (χ2v) is 7.46. The van der Waals surface area contributed by atoms with Crippen LogP contribution in [-0.2, 0) is 21.5 Å². The van der Waals surface area contributed by atoms with Gasteiger partial charge in [-0.3, -0.25) is 9.35 Å². The summed E-state index contributed by atoms with van der Waals surface area (Å²) in [6, 6.07) is 5.10. The van der Waals surface area contributed by atoms with Crippen molar-refractivity contribution in [2.24, 2.45) is 0 Å². The average Bonchev–Trinajstić information content (AvgIpc) is 2.59. The number of benzene rings is 1. The first-order valence-corrected chi connectivity index (χ1v) is 8.17. The third kappa shape index (κ3) is 2.93. The number of aryl methyl sites for hydroxylation is 1. The number of hydrogen-bond donors (Lipinski definition) is 2. The van der Waals surface area contributed by atoms with E-state index in [9.17, 15) is 13.2 Å². The van der Waals surface area contributed by atoms with Crippen LogP contribution in [0.25, 0.3) is 10.2 Å². The molecule has 0 amide bonds. The highest BCUT2D eigenvalue weighted by Gasteiger charge is 2.37. The van der Waals surface area contributed by atoms with E-state index in [0.717, 1.165) is 9.71 Å². The Morgan fingerprint density at radius 2 is 2.15 bits per heavy atom. The molecule has 0 spiro atoms. The fraction of sp³-hybridized carbons (Fsp3) is 0.273. The summed E-state index contributed by atoms with van der Waals surface area (Å²) >= 11 is 7.28. The lowest BCUT2D eigenvalue weighted by molar-refractivity contribution is -0.671. The highest BCUT2D eigenvalue weighted by molar-refractivity contribution is 7.87. The molecule has 0 aliphatic rings. The van der Waals surface area contributed by atoms with E-state index in [0.29, 0.717) is 10.5 Å². The van der Waals surface area contributed by atoms with E-state index in [1.165, 1.54) is 15.9 Å². The third-order valence-electron chi connectivity index (χ3n) is 2.83. The van der Waals surface area contributed by atoms with Gasteiger partial charge in [-0.15, -0.1) is 0 Å². The lowest BCUT2D eigenvalue weighted by Gasteiger charge is -2.05. The van der Waals surface area contributed by atoms with Crippen molar-refractivity contribution < 1.29 is 27.4 Å². The number of rotatable bonds is 4. The first-order valence-electron chi connectivity index (χ1n) is 5.47. The van der Waals surface area contributed by atoms with Crippen molar-refractivity contribution >= 4 is 49.2 Å². The monoisotopic (exact) mass is 336 g/mol. The summed E-state index contributed by atoms with van der Waals surface area (Å²) in [5.74, 6) is -1.60. The summed E-state index contributed by atoms with van der Waals surface area (Å²) in [7, 11) is -4.68. The normalized spacial score (nSPS) is 13.6. The highest BCUT2D eigenvalue weighted by Crippen LogP contribution is 2.23. The van der Waals surface area contributed by atoms with Gasteiger partial charge in [-0.05, 0) is 12.1 Å². The Bertz CT molecular complexity index is 783. The molecule has 9 heteroatoms. The van der Waals surface area contributed by atoms with Gasteiger partial charge in [-0.1, -0.05) is 22.9 Å². The van der Waals surface area contributed by atoms with Crippen molar-refractivity contribution in [3.8, 4) is 0 Å². The van der Waals surface area contributed by atoms with Crippen LogP contribution in [0.2, 0.25) is 5.02 Å². The molecule has 0 saturated carbocycles. The Morgan fingerprint density at radius 1 is 1.50 bits per heavy atom. The quantitative estimate of drug-likeness (QED) is 0.651. The van der Waals surface area contributed by atoms with Crippen LogP contribution in [-0.4, -0.2) is 29.3 Å². The fourth-order valence-electron chi connectivity index (χ4n) is 1.86. The molecule has 1 aromatic carbocycles. The zero-order valence-corrected chi connectivity index (χ0v) is 12.7. The van der Waals surface area contributed by atoms with E-state index in [-0.39, 0.29) is 6.54 Å². The molecule has 2 N–H and O–H groups in total. The Hall–Kier alpha value is -1.22. The molecule has 6 nitrogen and oxygen atoms in total. The van der Waals surface area contributed by atoms with E-state index in [4.69, 9.17) is 21.3 Å². The van der Waals surface area contributed by atoms with E-state index in [1.54, 1.807) is 25.1 Å². The maximum Gasteiger partial charge on any atom is 0.331 e. The topological polar surface area (TPSA) is 95.5 Å². The standard InChI is InChI=1S/C11H10ClNO5S2/c1-6-13(5-10(11(14)15)20(16,17)18)8-4-7(12)2-3-9(8)19-6/h2-4,10H,5H2,1H3,(H-,14,15,16,17,18)/p+1. The number of carboxylic acid groups (broad SMARTS) is 1. The molecule has 2 aromatic rings. The predicted molar refractivity (Wildman–Crippen MR) is 74.7 cm³/mol. The van der Waals surface area contributed by atoms with E-state index in [2.05, 4.69) is 0 Å². The van der Waals surface area contributed by atoms with Crippen LogP contribution >= 0.6 is 22.9 Å². The summed E-state index contributed by atoms with van der Waals surface area (Å²) in [6.07, 6.45) is 0. The first kappa shape index (κ1) is 15.2. The number of carbonyl (C=O) groups is 1. The Morgan fingerprint density at radius 3 is 2.70 bits per heavy atom. The number of fused-ring (bicyclic) bond motifs is 1. The lowest BCUT2D eigenvalue weighted by atomic mass is 10.3. The number of nitrogens with zero attached hydrogens (tertiary/aromatic N) is 1. The smallest absolute Gasteiger partial charge is 0.331 e. The maximum absolute atomic E-state index is 11.2. The van der Waals surface area contributed by atoms with E-state index in [1.807, 2.05) is 0 Å². The van der Waals surface area contributed by atoms with Crippen molar-refractivity contribution in [3.63, 3.8) is 0 Å². The molecule has 0 fully saturated rings. The number of aliphatic carboxylic acids is 1. The molecule has 1 aromatic heterocycles. The zero-order valence-electron chi connectivity index (χ0n) is 10.3. The van der Waals surface area contributed by atoms with Gasteiger partial charge in [0.05, 0.1) is 0 Å². The van der Waals surface area contributed by atoms with E-state index < -0.39 is 21.3 Å². The number of hydrogen-bond acceptors (Lipinski definition) is 4. The molecule has 1 atom stereocenters. The van der Waals surface area contributed by atoms with Crippen LogP contribution in [0.4, 0.5) is 0 Å². The van der Waals surface area contributed by atoms with E-state index >= 15 is 0 Å². The molecule has 1 unspecified atom stereocenters. The van der Waals surface area contributed by atoms with Gasteiger partial charge in [-0.25, -0.2) is 0 Å². The highest BCUT2D eigenvalue weighted by atomic mass is 35.5. The molecular formula is C11H11ClNO5S2+. The van der Waals surface area contributed by atoms with Crippen molar-refractivity contribution in [2.75, 3.05) is 0 Å². The van der Waals surface area contributed by atoms with Gasteiger partial charge in [0, 0.05) is 18.0 Å². The molecular weight excluding hydrogens is 326 g/mol. The van der Waals surface area contributed by atoms with Crippen molar-refractivity contribution in [1.29, 1.82) is 0 Å². The van der Waals surface area contributed by atoms with Gasteiger partial charge < -0.3 is 5.11 Å². The summed E-state index contributed by atoms with van der Waals surface area (Å²) in [5.41, 5.74) is 0.634. The Labute approximate surface area is 124 Å². The first-order chi connectivity index (χ1) is 9.20. The zero-order chi connectivity index (χ0) is 15.1. The number of thiazole rings is 1. The fourth-order valence-corrected chi connectivity index (χ4v) is 3.63. The third-order valence-corrected chi connectivity index (χ3v) is 5.22. The van der Waals surface area contributed by atoms with Crippen LogP contribution in [0, 0.1) is 6.92 Å². The predicted octanol–water partition coefficient (Wildman–Crippen LogP) is 1.49. The van der Waals surface area contributed by atoms with Crippen LogP contribution in [0.3, 0.4) is 0 Å². The summed E-state index contributed by atoms with van der Waals surface area (Å²) in [6.45, 7) is 1.36. The second-order valence-electron chi connectivity index (χ2n) is 4.19. The average molecular weight is 337 g/mol. The van der Waals surface area contributed by atoms with Crippen LogP contribution < -0.4 is 4.57 Å². The molecule has 0 radical (unpaired) electrons. The number of halogens is 1. The molecule has 0 aliphatic carbocycles. The van der Waals surface area contributed by atoms with Crippen LogP contribution in [0.15, 0.2) is 18.2 Å². The Kier molecular flexibility index (Phi) is 4.01. The van der Waals surface area contributed by atoms with Gasteiger partial charge >= 0.3 is 5.97 Å². The van der Waals surface area contributed by atoms with Gasteiger partial charge in [0.25, 0.3) is 10.1 Å². The molecule has 0 saturated heterocycles. The minimum Gasteiger partial charge on any atom is -0.480 e. The summed E-state index contributed by atoms with van der Waals surface area (Å²) in [4.78, 5) is 11.0. The van der Waals surface area contributed by atoms with Crippen molar-refractivity contribution in [2.45, 2.75) is 18.7 Å². The lowest BCUT2D eigenvalue weighted by Crippen LogP contribution is -2.47. The molecule has 2 rings (SSSR count). The molecule has 20 heavy (non-hydrogen) atoms. The van der Waals surface area contributed by atoms with Gasteiger partial charge in [0.2, 0.25) is 15.8 Å². The SMILES string of the molecule is Cc1sc2ccc(Cl)cc2[n+]1CC(C(=O)O)S(=O)(=O)O. The molecule has 0 bridgehead atoms.